The van der Waals surface area contributed by atoms with Gasteiger partial charge in [-0.15, -0.1) is 13.2 Å². The van der Waals surface area contributed by atoms with Crippen molar-refractivity contribution in [3.05, 3.63) is 163 Å². The Hall–Kier alpha value is -11.4. The van der Waals surface area contributed by atoms with Crippen LogP contribution in [0.3, 0.4) is 0 Å². The molecule has 0 radical (unpaired) electrons. The van der Waals surface area contributed by atoms with Gasteiger partial charge in [0.25, 0.3) is 0 Å². The van der Waals surface area contributed by atoms with Gasteiger partial charge < -0.3 is 88.2 Å². The molecule has 650 valence electrons. The zero-order valence-electron chi connectivity index (χ0n) is 70.9. The van der Waals surface area contributed by atoms with Crippen LogP contribution in [0.4, 0.5) is 47.7 Å². The van der Waals surface area contributed by atoms with Gasteiger partial charge in [0.2, 0.25) is 17.7 Å². The van der Waals surface area contributed by atoms with Crippen LogP contribution in [0.15, 0.2) is 129 Å². The number of hydrogen-bond donors (Lipinski definition) is 3. The Balaban J connectivity index is 0.000000150. The Morgan fingerprint density at radius 3 is 1.37 bits per heavy atom. The van der Waals surface area contributed by atoms with Crippen molar-refractivity contribution >= 4 is 73.8 Å². The molecule has 5 fully saturated rings. The fourth-order valence-corrected chi connectivity index (χ4v) is 17.6. The van der Waals surface area contributed by atoms with Crippen LogP contribution in [0.2, 0.25) is 0 Å². The number of rotatable bonds is 23. The van der Waals surface area contributed by atoms with Gasteiger partial charge in [0.15, 0.2) is 0 Å². The maximum absolute atomic E-state index is 12.8. The van der Waals surface area contributed by atoms with Gasteiger partial charge >= 0.3 is 24.4 Å². The fraction of sp³-hybridized carbons (Fsp3) is 0.484. The van der Waals surface area contributed by atoms with Crippen LogP contribution in [0.25, 0.3) is 21.5 Å². The molecule has 5 aromatic carbocycles. The molecule has 0 saturated carbocycles. The van der Waals surface area contributed by atoms with E-state index in [2.05, 4.69) is 89.7 Å². The number of fused-ring (bicyclic) bond motifs is 5. The van der Waals surface area contributed by atoms with Gasteiger partial charge in [0, 0.05) is 193 Å². The lowest BCUT2D eigenvalue weighted by atomic mass is 9.99. The van der Waals surface area contributed by atoms with E-state index in [-0.39, 0.29) is 59.7 Å². The molecule has 0 bridgehead atoms. The van der Waals surface area contributed by atoms with Crippen LogP contribution in [0.5, 0.6) is 41.0 Å². The van der Waals surface area contributed by atoms with Gasteiger partial charge in [-0.05, 0) is 153 Å². The van der Waals surface area contributed by atoms with Crippen molar-refractivity contribution in [1.82, 2.24) is 59.3 Å². The number of carbonyl (C=O) groups excluding carboxylic acids is 3. The van der Waals surface area contributed by atoms with E-state index in [0.717, 1.165) is 149 Å². The number of likely N-dealkylation sites (tertiary alicyclic amines) is 2. The number of phenols is 3. The van der Waals surface area contributed by atoms with Crippen molar-refractivity contribution in [1.29, 1.82) is 0 Å². The van der Waals surface area contributed by atoms with Gasteiger partial charge in [-0.1, -0.05) is 81.6 Å². The standard InChI is InChI=1S/C33H42N6O3.C32H40N6O3.C26H33F3N6O4/c1-3-31(41)37-17-19-38(20-18-37)32-28-12-16-39(30-22-26(40)21-25-9-5-6-10-27(25)30)23-29(28)34-33(35-32)42-24(2)11-15-36-13-7-4-8-14-36;1-3-30(40)36-14-16-37(17-15-36)31-27-10-13-38(29-21-25(39)20-24-6-4-5-7-26(24)29)22-28(27)33-32(34-31)41-19-18-35-11-8-23(2)9-12-35;1-5-23(37)33-8-10-34(11-9-33)24-21-6-7-35(18-12-19(36)14-20(13-18)39-26(27,28)29)16-22(21)30-25(31-24)38-17(2)15-32(3)4/h3,5-6,9-10,21-22,24,40H,1,4,7-8,11-20,23H2,2H3;3-7,20-21,23,39H,1,8-19,22H2,2H3;5,12-14,17,36H,1,6-11,15-16H2,2-4H3/t;;17-/m..1/s1. The number of nitrogens with zero attached hydrogens (tertiary/aromatic N) is 18. The minimum absolute atomic E-state index is 0.00501. The van der Waals surface area contributed by atoms with E-state index in [0.29, 0.717) is 141 Å². The maximum atomic E-state index is 12.8. The minimum Gasteiger partial charge on any atom is -0.508 e. The number of halogens is 3. The summed E-state index contributed by atoms with van der Waals surface area (Å²) in [5.41, 5.74) is 8.20. The molecular weight excluding hydrogens is 1560 g/mol. The van der Waals surface area contributed by atoms with E-state index < -0.39 is 12.1 Å². The van der Waals surface area contributed by atoms with Gasteiger partial charge in [0.05, 0.1) is 36.7 Å². The number of carbonyl (C=O) groups is 3. The monoisotopic (exact) mass is 1680 g/mol. The van der Waals surface area contributed by atoms with Crippen LogP contribution in [0, 0.1) is 5.92 Å². The Morgan fingerprint density at radius 1 is 0.492 bits per heavy atom. The second-order valence-corrected chi connectivity index (χ2v) is 33.1. The average molecular weight is 1680 g/mol. The van der Waals surface area contributed by atoms with Crippen molar-refractivity contribution in [2.45, 2.75) is 117 Å². The number of likely N-dealkylation sites (N-methyl/N-ethyl adjacent to an activating group) is 1. The lowest BCUT2D eigenvalue weighted by Gasteiger charge is -2.38. The number of alkyl halides is 3. The highest BCUT2D eigenvalue weighted by Crippen LogP contribution is 2.41. The smallest absolute Gasteiger partial charge is 0.508 e. The largest absolute Gasteiger partial charge is 0.573 e. The Morgan fingerprint density at radius 2 is 0.910 bits per heavy atom. The van der Waals surface area contributed by atoms with Crippen LogP contribution in [0.1, 0.15) is 93.1 Å². The lowest BCUT2D eigenvalue weighted by Crippen LogP contribution is -2.49. The first-order chi connectivity index (χ1) is 58.9. The molecule has 3 amide bonds. The number of hydrogen-bond acceptors (Lipinski definition) is 25. The minimum atomic E-state index is -4.88. The summed E-state index contributed by atoms with van der Waals surface area (Å²) in [5, 5.41) is 35.3. The number of amides is 3. The second kappa shape index (κ2) is 39.6. The normalized spacial score (nSPS) is 17.9. The number of piperazine rings is 3. The number of piperidine rings is 2. The predicted octanol–water partition coefficient (Wildman–Crippen LogP) is 11.0. The maximum Gasteiger partial charge on any atom is 0.573 e. The van der Waals surface area contributed by atoms with Gasteiger partial charge in [-0.25, -0.2) is 0 Å². The molecule has 5 saturated heterocycles. The summed E-state index contributed by atoms with van der Waals surface area (Å²) < 4.78 is 61.1. The molecule has 3 aromatic heterocycles. The number of anilines is 6. The Bertz CT molecular complexity index is 5020. The second-order valence-electron chi connectivity index (χ2n) is 33.1. The first kappa shape index (κ1) is 86.9. The molecule has 122 heavy (non-hydrogen) atoms. The summed E-state index contributed by atoms with van der Waals surface area (Å²) in [7, 11) is 3.87. The van der Waals surface area contributed by atoms with Gasteiger partial charge in [0.1, 0.15) is 59.3 Å². The van der Waals surface area contributed by atoms with Crippen LogP contribution in [-0.2, 0) is 53.3 Å². The number of benzene rings is 5. The third-order valence-electron chi connectivity index (χ3n) is 24.1. The number of aromatic hydroxyl groups is 3. The summed E-state index contributed by atoms with van der Waals surface area (Å²) in [4.78, 5) is 91.2. The summed E-state index contributed by atoms with van der Waals surface area (Å²) >= 11 is 0. The van der Waals surface area contributed by atoms with Crippen molar-refractivity contribution in [3.63, 3.8) is 0 Å². The molecule has 11 heterocycles. The third kappa shape index (κ3) is 21.9. The highest BCUT2D eigenvalue weighted by Gasteiger charge is 2.36. The van der Waals surface area contributed by atoms with Crippen molar-refractivity contribution < 1.29 is 61.8 Å². The van der Waals surface area contributed by atoms with Crippen LogP contribution < -0.4 is 48.3 Å². The molecule has 1 unspecified atom stereocenters. The summed E-state index contributed by atoms with van der Waals surface area (Å²) in [6.45, 7) is 35.9. The quantitative estimate of drug-likeness (QED) is 0.0502. The van der Waals surface area contributed by atoms with E-state index in [1.165, 1.54) is 75.6 Å². The van der Waals surface area contributed by atoms with E-state index in [1.807, 2.05) is 101 Å². The predicted molar refractivity (Wildman–Crippen MR) is 467 cm³/mol. The number of ether oxygens (including phenoxy) is 4. The van der Waals surface area contributed by atoms with Crippen LogP contribution in [-0.4, -0.2) is 276 Å². The SMILES string of the molecule is C=CC(=O)N1CCN(c2nc(OC(C)CCN3CCCCC3)nc3c2CCN(c2cc(O)cc4ccccc24)C3)CC1.C=CC(=O)N1CCN(c2nc(OCCN3CCC(C)CC3)nc3c2CCN(c2cc(O)cc4ccccc24)C3)CC1.C=CC(=O)N1CCN(c2nc(O[C@H](C)CN(C)C)nc3c2CCN(c2cc(O)cc(OC(F)(F)F)c2)C3)CC1. The molecule has 31 heteroatoms. The molecule has 28 nitrogen and oxygen atoms in total. The molecular formula is C91H115F3N18O10. The molecule has 0 aliphatic carbocycles. The third-order valence-corrected chi connectivity index (χ3v) is 24.1. The van der Waals surface area contributed by atoms with Gasteiger partial charge in [-0.3, -0.25) is 19.3 Å². The number of phenolic OH excluding ortho intramolecular Hbond substituents is 3. The molecule has 16 rings (SSSR count). The number of aromatic nitrogens is 6. The first-order valence-electron chi connectivity index (χ1n) is 42.9. The zero-order valence-corrected chi connectivity index (χ0v) is 70.9. The van der Waals surface area contributed by atoms with Crippen molar-refractivity contribution in [3.8, 4) is 41.0 Å². The summed E-state index contributed by atoms with van der Waals surface area (Å²) in [6.07, 6.45) is 8.39. The molecule has 0 spiro atoms. The van der Waals surface area contributed by atoms with E-state index in [9.17, 15) is 42.9 Å². The van der Waals surface area contributed by atoms with Gasteiger partial charge in [-0.2, -0.15) is 29.9 Å². The van der Waals surface area contributed by atoms with E-state index in [4.69, 9.17) is 39.1 Å². The lowest BCUT2D eigenvalue weighted by molar-refractivity contribution is -0.274. The van der Waals surface area contributed by atoms with Crippen LogP contribution >= 0.6 is 0 Å². The molecule has 8 aromatic rings. The summed E-state index contributed by atoms with van der Waals surface area (Å²) in [5.74, 6) is 2.88. The van der Waals surface area contributed by atoms with Crippen molar-refractivity contribution in [2.75, 3.05) is 194 Å². The van der Waals surface area contributed by atoms with E-state index >= 15 is 0 Å². The average Bonchev–Trinajstić information content (AvgIpc) is 0.761. The van der Waals surface area contributed by atoms with Crippen molar-refractivity contribution in [2.24, 2.45) is 5.92 Å². The molecule has 8 aliphatic heterocycles. The highest BCUT2D eigenvalue weighted by atomic mass is 19.4. The molecule has 3 N–H and O–H groups in total. The summed E-state index contributed by atoms with van der Waals surface area (Å²) in [6, 6.07) is 28.2. The highest BCUT2D eigenvalue weighted by molar-refractivity contribution is 5.97. The Labute approximate surface area is 712 Å². The topological polar surface area (TPSA) is 265 Å². The molecule has 2 atom stereocenters. The molecule has 8 aliphatic rings. The zero-order chi connectivity index (χ0) is 85.7. The first-order valence-corrected chi connectivity index (χ1v) is 42.9. The van der Waals surface area contributed by atoms with E-state index in [1.54, 1.807) is 4.90 Å². The fourth-order valence-electron chi connectivity index (χ4n) is 17.6. The Kier molecular flexibility index (Phi) is 28.2.